The minimum Gasteiger partial charge on any atom is -0.444 e. The molecule has 0 saturated carbocycles. The van der Waals surface area contributed by atoms with Gasteiger partial charge < -0.3 is 4.74 Å². The van der Waals surface area contributed by atoms with Crippen molar-refractivity contribution in [1.29, 1.82) is 0 Å². The monoisotopic (exact) mass is 358 g/mol. The maximum atomic E-state index is 12.3. The van der Waals surface area contributed by atoms with Crippen LogP contribution in [0.5, 0.6) is 0 Å². The SMILES string of the molecule is CC(C)c1cc(C(C)C)n(C[C@H](OC(=O)Nc2ccncc2)C(C)C)n1. The molecule has 0 aromatic carbocycles. The highest BCUT2D eigenvalue weighted by molar-refractivity contribution is 5.84. The number of hydrogen-bond donors (Lipinski definition) is 1. The zero-order valence-corrected chi connectivity index (χ0v) is 16.6. The van der Waals surface area contributed by atoms with Gasteiger partial charge >= 0.3 is 6.09 Å². The van der Waals surface area contributed by atoms with Crippen molar-refractivity contribution in [2.45, 2.75) is 66.0 Å². The Hall–Kier alpha value is -2.37. The summed E-state index contributed by atoms with van der Waals surface area (Å²) < 4.78 is 7.68. The summed E-state index contributed by atoms with van der Waals surface area (Å²) in [6, 6.07) is 5.61. The Balaban J connectivity index is 2.12. The lowest BCUT2D eigenvalue weighted by atomic mass is 10.1. The van der Waals surface area contributed by atoms with Gasteiger partial charge in [0.25, 0.3) is 0 Å². The van der Waals surface area contributed by atoms with Gasteiger partial charge in [-0.25, -0.2) is 4.79 Å². The normalized spacial score (nSPS) is 12.7. The van der Waals surface area contributed by atoms with Gasteiger partial charge in [0.1, 0.15) is 6.10 Å². The first-order valence-electron chi connectivity index (χ1n) is 9.23. The van der Waals surface area contributed by atoms with Crippen molar-refractivity contribution in [3.63, 3.8) is 0 Å². The van der Waals surface area contributed by atoms with Gasteiger partial charge in [-0.3, -0.25) is 15.0 Å². The largest absolute Gasteiger partial charge is 0.444 e. The molecule has 2 rings (SSSR count). The molecule has 1 amide bonds. The quantitative estimate of drug-likeness (QED) is 0.772. The van der Waals surface area contributed by atoms with Crippen LogP contribution in [0.15, 0.2) is 30.6 Å². The summed E-state index contributed by atoms with van der Waals surface area (Å²) in [5, 5.41) is 7.48. The number of anilines is 1. The van der Waals surface area contributed by atoms with Gasteiger partial charge in [0.15, 0.2) is 0 Å². The summed E-state index contributed by atoms with van der Waals surface area (Å²) in [7, 11) is 0. The highest BCUT2D eigenvalue weighted by atomic mass is 16.6. The first-order chi connectivity index (χ1) is 12.3. The number of carbonyl (C=O) groups excluding carboxylic acids is 1. The number of nitrogens with one attached hydrogen (secondary N) is 1. The summed E-state index contributed by atoms with van der Waals surface area (Å²) in [5.41, 5.74) is 2.89. The third kappa shape index (κ3) is 5.31. The lowest BCUT2D eigenvalue weighted by Gasteiger charge is -2.23. The molecule has 2 aromatic rings. The summed E-state index contributed by atoms with van der Waals surface area (Å²) in [6.45, 7) is 13.2. The number of hydrogen-bond acceptors (Lipinski definition) is 4. The van der Waals surface area contributed by atoms with E-state index in [4.69, 9.17) is 9.84 Å². The molecular formula is C20H30N4O2. The van der Waals surface area contributed by atoms with Gasteiger partial charge in [0, 0.05) is 23.8 Å². The maximum Gasteiger partial charge on any atom is 0.411 e. The van der Waals surface area contributed by atoms with Crippen LogP contribution in [-0.4, -0.2) is 27.0 Å². The van der Waals surface area contributed by atoms with Crippen molar-refractivity contribution >= 4 is 11.8 Å². The highest BCUT2D eigenvalue weighted by Gasteiger charge is 2.22. The molecule has 0 aliphatic rings. The van der Waals surface area contributed by atoms with Crippen LogP contribution in [0.4, 0.5) is 10.5 Å². The summed E-state index contributed by atoms with van der Waals surface area (Å²) in [4.78, 5) is 16.2. The lowest BCUT2D eigenvalue weighted by Crippen LogP contribution is -2.31. The zero-order valence-electron chi connectivity index (χ0n) is 16.6. The Kier molecular flexibility index (Phi) is 6.77. The Labute approximate surface area is 156 Å². The Morgan fingerprint density at radius 2 is 1.77 bits per heavy atom. The third-order valence-electron chi connectivity index (χ3n) is 4.29. The smallest absolute Gasteiger partial charge is 0.411 e. The number of rotatable bonds is 7. The fraction of sp³-hybridized carbons (Fsp3) is 0.550. The molecule has 0 saturated heterocycles. The van der Waals surface area contributed by atoms with Gasteiger partial charge in [0.05, 0.1) is 12.2 Å². The van der Waals surface area contributed by atoms with Crippen LogP contribution in [0.1, 0.15) is 64.8 Å². The lowest BCUT2D eigenvalue weighted by molar-refractivity contribution is 0.0672. The number of nitrogens with zero attached hydrogens (tertiary/aromatic N) is 3. The van der Waals surface area contributed by atoms with E-state index in [1.54, 1.807) is 24.5 Å². The minimum atomic E-state index is -0.461. The molecule has 0 aliphatic heterocycles. The number of pyridine rings is 1. The van der Waals surface area contributed by atoms with E-state index in [0.29, 0.717) is 24.1 Å². The fourth-order valence-electron chi connectivity index (χ4n) is 2.62. The Bertz CT molecular complexity index is 708. The average molecular weight is 358 g/mol. The van der Waals surface area contributed by atoms with E-state index < -0.39 is 6.09 Å². The minimum absolute atomic E-state index is 0.171. The van der Waals surface area contributed by atoms with Crippen LogP contribution < -0.4 is 5.32 Å². The first-order valence-corrected chi connectivity index (χ1v) is 9.23. The van der Waals surface area contributed by atoms with Crippen molar-refractivity contribution in [1.82, 2.24) is 14.8 Å². The van der Waals surface area contributed by atoms with E-state index in [2.05, 4.69) is 44.1 Å². The maximum absolute atomic E-state index is 12.3. The Morgan fingerprint density at radius 3 is 2.31 bits per heavy atom. The first kappa shape index (κ1) is 19.9. The van der Waals surface area contributed by atoms with Crippen LogP contribution >= 0.6 is 0 Å². The number of amides is 1. The molecule has 2 heterocycles. The number of aromatic nitrogens is 3. The van der Waals surface area contributed by atoms with Crippen molar-refractivity contribution in [3.05, 3.63) is 42.0 Å². The Morgan fingerprint density at radius 1 is 1.12 bits per heavy atom. The second-order valence-electron chi connectivity index (χ2n) is 7.53. The van der Waals surface area contributed by atoms with Crippen LogP contribution in [0.2, 0.25) is 0 Å². The standard InChI is InChI=1S/C20H30N4O2/c1-13(2)17-11-18(14(3)4)24(23-17)12-19(15(5)6)26-20(25)22-16-7-9-21-10-8-16/h7-11,13-15,19H,12H2,1-6H3,(H,21,22,25)/t19-/m0/s1. The van der Waals surface area contributed by atoms with Crippen molar-refractivity contribution in [2.75, 3.05) is 5.32 Å². The van der Waals surface area contributed by atoms with E-state index in [9.17, 15) is 4.79 Å². The van der Waals surface area contributed by atoms with E-state index >= 15 is 0 Å². The van der Waals surface area contributed by atoms with Crippen molar-refractivity contribution < 1.29 is 9.53 Å². The molecule has 2 aromatic heterocycles. The predicted octanol–water partition coefficient (Wildman–Crippen LogP) is 4.80. The molecule has 0 bridgehead atoms. The molecule has 6 nitrogen and oxygen atoms in total. The zero-order chi connectivity index (χ0) is 19.3. The van der Waals surface area contributed by atoms with Gasteiger partial charge in [-0.15, -0.1) is 0 Å². The van der Waals surface area contributed by atoms with Crippen molar-refractivity contribution in [3.8, 4) is 0 Å². The molecule has 1 atom stereocenters. The highest BCUT2D eigenvalue weighted by Crippen LogP contribution is 2.22. The second-order valence-corrected chi connectivity index (χ2v) is 7.53. The molecule has 0 aliphatic carbocycles. The van der Waals surface area contributed by atoms with Crippen LogP contribution in [0.25, 0.3) is 0 Å². The molecule has 0 radical (unpaired) electrons. The van der Waals surface area contributed by atoms with E-state index in [0.717, 1.165) is 11.4 Å². The molecule has 26 heavy (non-hydrogen) atoms. The number of carbonyl (C=O) groups is 1. The van der Waals surface area contributed by atoms with Crippen LogP contribution in [0, 0.1) is 5.92 Å². The fourth-order valence-corrected chi connectivity index (χ4v) is 2.62. The summed E-state index contributed by atoms with van der Waals surface area (Å²) >= 11 is 0. The van der Waals surface area contributed by atoms with Crippen LogP contribution in [-0.2, 0) is 11.3 Å². The topological polar surface area (TPSA) is 69.0 Å². The average Bonchev–Trinajstić information content (AvgIpc) is 2.99. The second kappa shape index (κ2) is 8.83. The molecule has 0 spiro atoms. The molecule has 0 fully saturated rings. The predicted molar refractivity (Wildman–Crippen MR) is 103 cm³/mol. The van der Waals surface area contributed by atoms with E-state index in [-0.39, 0.29) is 12.0 Å². The van der Waals surface area contributed by atoms with Gasteiger partial charge in [-0.2, -0.15) is 5.10 Å². The summed E-state index contributed by atoms with van der Waals surface area (Å²) in [5.74, 6) is 0.889. The van der Waals surface area contributed by atoms with E-state index in [1.165, 1.54) is 0 Å². The molecule has 1 N–H and O–H groups in total. The summed E-state index contributed by atoms with van der Waals surface area (Å²) in [6.07, 6.45) is 2.52. The molecular weight excluding hydrogens is 328 g/mol. The molecule has 0 unspecified atom stereocenters. The van der Waals surface area contributed by atoms with Gasteiger partial charge in [-0.05, 0) is 36.0 Å². The van der Waals surface area contributed by atoms with Crippen molar-refractivity contribution in [2.24, 2.45) is 5.92 Å². The molecule has 6 heteroatoms. The van der Waals surface area contributed by atoms with E-state index in [1.807, 2.05) is 18.5 Å². The van der Waals surface area contributed by atoms with Gasteiger partial charge in [-0.1, -0.05) is 41.5 Å². The molecule has 142 valence electrons. The van der Waals surface area contributed by atoms with Gasteiger partial charge in [0.2, 0.25) is 0 Å². The van der Waals surface area contributed by atoms with Crippen LogP contribution in [0.3, 0.4) is 0 Å². The number of ether oxygens (including phenoxy) is 1. The third-order valence-corrected chi connectivity index (χ3v) is 4.29.